The van der Waals surface area contributed by atoms with Crippen molar-refractivity contribution in [2.24, 2.45) is 11.3 Å². The van der Waals surface area contributed by atoms with Gasteiger partial charge in [0.05, 0.1) is 16.0 Å². The summed E-state index contributed by atoms with van der Waals surface area (Å²) in [5.41, 5.74) is 3.26. The molecule has 2 aromatic carbocycles. The first-order valence-corrected chi connectivity index (χ1v) is 9.81. The number of nitrogens with zero attached hydrogens (tertiary/aromatic N) is 3. The van der Waals surface area contributed by atoms with Crippen LogP contribution in [0, 0.1) is 21.4 Å². The standard InChI is InChI=1S/C22H26N4O2/c1-15-12-18(14-22(2,3)13-15)25-20-7-5-4-6-19(20)24-21(25)23-16-8-10-17(11-9-16)26(27)28/h4-11,15,18H,12-14H2,1-3H3,(H,23,24)/t15-,18+/m0/s1. The molecule has 0 amide bonds. The Kier molecular flexibility index (Phi) is 4.57. The third kappa shape index (κ3) is 3.59. The van der Waals surface area contributed by atoms with Gasteiger partial charge < -0.3 is 9.88 Å². The maximum atomic E-state index is 10.9. The van der Waals surface area contributed by atoms with Gasteiger partial charge in [-0.15, -0.1) is 0 Å². The van der Waals surface area contributed by atoms with E-state index in [4.69, 9.17) is 4.98 Å². The molecule has 0 spiro atoms. The Bertz CT molecular complexity index is 1010. The van der Waals surface area contributed by atoms with Crippen molar-refractivity contribution in [1.29, 1.82) is 0 Å². The lowest BCUT2D eigenvalue weighted by molar-refractivity contribution is -0.384. The molecule has 4 rings (SSSR count). The predicted octanol–water partition coefficient (Wildman–Crippen LogP) is 6.08. The van der Waals surface area contributed by atoms with E-state index in [-0.39, 0.29) is 10.6 Å². The van der Waals surface area contributed by atoms with E-state index in [2.05, 4.69) is 36.7 Å². The number of anilines is 2. The molecule has 0 bridgehead atoms. The Balaban J connectivity index is 1.74. The van der Waals surface area contributed by atoms with E-state index in [1.165, 1.54) is 18.6 Å². The molecule has 146 valence electrons. The molecule has 28 heavy (non-hydrogen) atoms. The fourth-order valence-corrected chi connectivity index (χ4v) is 4.79. The molecule has 3 aromatic rings. The van der Waals surface area contributed by atoms with Gasteiger partial charge in [0.1, 0.15) is 0 Å². The molecule has 6 heteroatoms. The van der Waals surface area contributed by atoms with Crippen LogP contribution in [0.4, 0.5) is 17.3 Å². The lowest BCUT2D eigenvalue weighted by atomic mass is 9.70. The van der Waals surface area contributed by atoms with Gasteiger partial charge in [-0.2, -0.15) is 0 Å². The minimum atomic E-state index is -0.384. The van der Waals surface area contributed by atoms with Crippen LogP contribution in [0.3, 0.4) is 0 Å². The average molecular weight is 378 g/mol. The second kappa shape index (κ2) is 6.93. The van der Waals surface area contributed by atoms with Gasteiger partial charge in [-0.25, -0.2) is 4.98 Å². The van der Waals surface area contributed by atoms with Crippen molar-refractivity contribution in [2.75, 3.05) is 5.32 Å². The molecule has 1 fully saturated rings. The second-order valence-electron chi connectivity index (χ2n) is 8.79. The summed E-state index contributed by atoms with van der Waals surface area (Å²) in [5.74, 6) is 1.45. The highest BCUT2D eigenvalue weighted by Gasteiger charge is 2.34. The summed E-state index contributed by atoms with van der Waals surface area (Å²) in [5, 5.41) is 14.3. The average Bonchev–Trinajstić information content (AvgIpc) is 2.98. The summed E-state index contributed by atoms with van der Waals surface area (Å²) in [7, 11) is 0. The van der Waals surface area contributed by atoms with Crippen LogP contribution in [0.5, 0.6) is 0 Å². The van der Waals surface area contributed by atoms with Crippen LogP contribution in [0.2, 0.25) is 0 Å². The van der Waals surface area contributed by atoms with Gasteiger partial charge in [-0.05, 0) is 54.9 Å². The van der Waals surface area contributed by atoms with E-state index >= 15 is 0 Å². The number of rotatable bonds is 4. The Morgan fingerprint density at radius 2 is 1.86 bits per heavy atom. The van der Waals surface area contributed by atoms with Crippen LogP contribution in [0.25, 0.3) is 11.0 Å². The normalized spacial score (nSPS) is 21.5. The lowest BCUT2D eigenvalue weighted by Crippen LogP contribution is -2.29. The third-order valence-corrected chi connectivity index (χ3v) is 5.66. The maximum Gasteiger partial charge on any atom is 0.269 e. The molecule has 2 atom stereocenters. The zero-order chi connectivity index (χ0) is 19.9. The molecule has 1 N–H and O–H groups in total. The highest BCUT2D eigenvalue weighted by atomic mass is 16.6. The Hall–Kier alpha value is -2.89. The van der Waals surface area contributed by atoms with Gasteiger partial charge in [-0.3, -0.25) is 10.1 Å². The van der Waals surface area contributed by atoms with Gasteiger partial charge >= 0.3 is 0 Å². The van der Waals surface area contributed by atoms with E-state index in [0.29, 0.717) is 17.4 Å². The maximum absolute atomic E-state index is 10.9. The lowest BCUT2D eigenvalue weighted by Gasteiger charge is -2.40. The number of fused-ring (bicyclic) bond motifs is 1. The molecular formula is C22H26N4O2. The summed E-state index contributed by atoms with van der Waals surface area (Å²) >= 11 is 0. The number of nitro groups is 1. The molecule has 0 unspecified atom stereocenters. The van der Waals surface area contributed by atoms with Gasteiger partial charge in [0.15, 0.2) is 0 Å². The first-order chi connectivity index (χ1) is 13.3. The van der Waals surface area contributed by atoms with Crippen LogP contribution < -0.4 is 5.32 Å². The van der Waals surface area contributed by atoms with Gasteiger partial charge in [0.2, 0.25) is 5.95 Å². The third-order valence-electron chi connectivity index (χ3n) is 5.66. The SMILES string of the molecule is C[C@H]1C[C@@H](n2c(Nc3ccc([N+](=O)[O-])cc3)nc3ccccc32)CC(C)(C)C1. The summed E-state index contributed by atoms with van der Waals surface area (Å²) in [6.45, 7) is 7.02. The summed E-state index contributed by atoms with van der Waals surface area (Å²) in [6.07, 6.45) is 3.46. The van der Waals surface area contributed by atoms with Crippen molar-refractivity contribution in [1.82, 2.24) is 9.55 Å². The number of nitro benzene ring substituents is 1. The van der Waals surface area contributed by atoms with E-state index in [1.807, 2.05) is 18.2 Å². The summed E-state index contributed by atoms with van der Waals surface area (Å²) in [4.78, 5) is 15.4. The quantitative estimate of drug-likeness (QED) is 0.441. The predicted molar refractivity (Wildman–Crippen MR) is 112 cm³/mol. The highest BCUT2D eigenvalue weighted by Crippen LogP contribution is 2.46. The number of para-hydroxylation sites is 2. The number of hydrogen-bond donors (Lipinski definition) is 1. The minimum absolute atomic E-state index is 0.0851. The smallest absolute Gasteiger partial charge is 0.269 e. The molecule has 1 aromatic heterocycles. The molecular weight excluding hydrogens is 352 g/mol. The first-order valence-electron chi connectivity index (χ1n) is 9.81. The van der Waals surface area contributed by atoms with Crippen molar-refractivity contribution in [3.63, 3.8) is 0 Å². The van der Waals surface area contributed by atoms with Crippen LogP contribution in [-0.4, -0.2) is 14.5 Å². The van der Waals surface area contributed by atoms with Crippen molar-refractivity contribution in [3.8, 4) is 0 Å². The monoisotopic (exact) mass is 378 g/mol. The number of non-ortho nitro benzene ring substituents is 1. The minimum Gasteiger partial charge on any atom is -0.326 e. The van der Waals surface area contributed by atoms with E-state index in [0.717, 1.165) is 35.5 Å². The van der Waals surface area contributed by atoms with Crippen LogP contribution in [0.1, 0.15) is 46.1 Å². The molecule has 1 saturated carbocycles. The second-order valence-corrected chi connectivity index (χ2v) is 8.79. The number of aromatic nitrogens is 2. The van der Waals surface area contributed by atoms with Crippen LogP contribution in [0.15, 0.2) is 48.5 Å². The fourth-order valence-electron chi connectivity index (χ4n) is 4.79. The summed E-state index contributed by atoms with van der Waals surface area (Å²) < 4.78 is 2.33. The highest BCUT2D eigenvalue weighted by molar-refractivity contribution is 5.80. The number of hydrogen-bond acceptors (Lipinski definition) is 4. The number of imidazole rings is 1. The first kappa shape index (κ1) is 18.5. The molecule has 6 nitrogen and oxygen atoms in total. The van der Waals surface area contributed by atoms with Crippen LogP contribution >= 0.6 is 0 Å². The summed E-state index contributed by atoms with van der Waals surface area (Å²) in [6, 6.07) is 15.1. The zero-order valence-electron chi connectivity index (χ0n) is 16.6. The van der Waals surface area contributed by atoms with E-state index in [1.54, 1.807) is 12.1 Å². The van der Waals surface area contributed by atoms with Gasteiger partial charge in [0.25, 0.3) is 5.69 Å². The van der Waals surface area contributed by atoms with Gasteiger partial charge in [-0.1, -0.05) is 32.9 Å². The molecule has 1 heterocycles. The molecule has 0 radical (unpaired) electrons. The molecule has 0 aliphatic heterocycles. The molecule has 1 aliphatic carbocycles. The Morgan fingerprint density at radius 1 is 1.14 bits per heavy atom. The van der Waals surface area contributed by atoms with E-state index in [9.17, 15) is 10.1 Å². The largest absolute Gasteiger partial charge is 0.326 e. The van der Waals surface area contributed by atoms with Crippen molar-refractivity contribution < 1.29 is 4.92 Å². The number of benzene rings is 2. The molecule has 0 saturated heterocycles. The van der Waals surface area contributed by atoms with Crippen molar-refractivity contribution >= 4 is 28.4 Å². The Labute approximate surface area is 164 Å². The van der Waals surface area contributed by atoms with Gasteiger partial charge in [0, 0.05) is 23.9 Å². The topological polar surface area (TPSA) is 73.0 Å². The van der Waals surface area contributed by atoms with Crippen LogP contribution in [-0.2, 0) is 0 Å². The Morgan fingerprint density at radius 3 is 2.54 bits per heavy atom. The molecule has 1 aliphatic rings. The number of nitrogens with one attached hydrogen (secondary N) is 1. The van der Waals surface area contributed by atoms with Crippen molar-refractivity contribution in [2.45, 2.75) is 46.1 Å². The van der Waals surface area contributed by atoms with Crippen molar-refractivity contribution in [3.05, 3.63) is 58.6 Å². The fraction of sp³-hybridized carbons (Fsp3) is 0.409. The van der Waals surface area contributed by atoms with E-state index < -0.39 is 0 Å². The zero-order valence-corrected chi connectivity index (χ0v) is 16.6.